The molecule has 0 amide bonds. The maximum Gasteiger partial charge on any atom is 0.134 e. The molecule has 1 saturated carbocycles. The SMILES string of the molecule is CCNC1CCCC(S(=O)c2ccccc2OC)C1. The molecule has 1 aromatic rings. The molecule has 19 heavy (non-hydrogen) atoms. The van der Waals surface area contributed by atoms with Crippen molar-refractivity contribution in [3.63, 3.8) is 0 Å². The fraction of sp³-hybridized carbons (Fsp3) is 0.600. The first-order chi connectivity index (χ1) is 9.26. The van der Waals surface area contributed by atoms with E-state index in [1.165, 1.54) is 6.42 Å². The van der Waals surface area contributed by atoms with E-state index in [0.717, 1.165) is 36.5 Å². The van der Waals surface area contributed by atoms with Gasteiger partial charge in [-0.15, -0.1) is 0 Å². The minimum atomic E-state index is -0.971. The van der Waals surface area contributed by atoms with E-state index in [1.54, 1.807) is 7.11 Å². The molecule has 2 rings (SSSR count). The lowest BCUT2D eigenvalue weighted by Crippen LogP contribution is -2.37. The Balaban J connectivity index is 2.10. The second-order valence-electron chi connectivity index (χ2n) is 4.99. The maximum atomic E-state index is 12.7. The number of rotatable bonds is 5. The number of nitrogens with one attached hydrogen (secondary N) is 1. The van der Waals surface area contributed by atoms with Crippen molar-refractivity contribution in [1.82, 2.24) is 5.32 Å². The molecule has 0 radical (unpaired) electrons. The van der Waals surface area contributed by atoms with Crippen molar-refractivity contribution < 1.29 is 8.95 Å². The van der Waals surface area contributed by atoms with Gasteiger partial charge in [-0.25, -0.2) is 0 Å². The molecule has 1 aliphatic rings. The summed E-state index contributed by atoms with van der Waals surface area (Å²) in [7, 11) is 0.667. The molecule has 0 aromatic heterocycles. The van der Waals surface area contributed by atoms with E-state index in [9.17, 15) is 4.21 Å². The Morgan fingerprint density at radius 2 is 2.16 bits per heavy atom. The normalized spacial score (nSPS) is 24.9. The summed E-state index contributed by atoms with van der Waals surface area (Å²) in [6.07, 6.45) is 4.40. The zero-order valence-electron chi connectivity index (χ0n) is 11.7. The van der Waals surface area contributed by atoms with E-state index in [1.807, 2.05) is 24.3 Å². The number of hydrogen-bond donors (Lipinski definition) is 1. The van der Waals surface area contributed by atoms with Crippen LogP contribution in [0.3, 0.4) is 0 Å². The first-order valence-electron chi connectivity index (χ1n) is 7.03. The molecule has 1 aromatic carbocycles. The van der Waals surface area contributed by atoms with Crippen LogP contribution in [0.15, 0.2) is 29.2 Å². The van der Waals surface area contributed by atoms with E-state index in [0.29, 0.717) is 6.04 Å². The molecular weight excluding hydrogens is 258 g/mol. The summed E-state index contributed by atoms with van der Waals surface area (Å²) >= 11 is 0. The third-order valence-electron chi connectivity index (χ3n) is 3.71. The van der Waals surface area contributed by atoms with Crippen molar-refractivity contribution in [2.45, 2.75) is 48.8 Å². The largest absolute Gasteiger partial charge is 0.495 e. The molecule has 0 aliphatic heterocycles. The van der Waals surface area contributed by atoms with Crippen molar-refractivity contribution >= 4 is 10.8 Å². The van der Waals surface area contributed by atoms with Crippen LogP contribution < -0.4 is 10.1 Å². The third kappa shape index (κ3) is 3.57. The summed E-state index contributed by atoms with van der Waals surface area (Å²) in [5.74, 6) is 0.742. The van der Waals surface area contributed by atoms with Crippen LogP contribution in [0.2, 0.25) is 0 Å². The van der Waals surface area contributed by atoms with Crippen molar-refractivity contribution in [3.8, 4) is 5.75 Å². The van der Waals surface area contributed by atoms with Crippen LogP contribution >= 0.6 is 0 Å². The summed E-state index contributed by atoms with van der Waals surface area (Å²) < 4.78 is 18.1. The number of benzene rings is 1. The second-order valence-corrected chi connectivity index (χ2v) is 6.69. The molecule has 0 heterocycles. The Kier molecular flexibility index (Phi) is 5.40. The van der Waals surface area contributed by atoms with Crippen LogP contribution in [0.5, 0.6) is 5.75 Å². The van der Waals surface area contributed by atoms with Crippen molar-refractivity contribution in [2.24, 2.45) is 0 Å². The number of ether oxygens (including phenoxy) is 1. The Morgan fingerprint density at radius 3 is 2.89 bits per heavy atom. The van der Waals surface area contributed by atoms with Gasteiger partial charge in [0, 0.05) is 11.3 Å². The molecule has 3 unspecified atom stereocenters. The van der Waals surface area contributed by atoms with Gasteiger partial charge in [0.1, 0.15) is 5.75 Å². The minimum absolute atomic E-state index is 0.245. The average molecular weight is 281 g/mol. The van der Waals surface area contributed by atoms with E-state index < -0.39 is 10.8 Å². The lowest BCUT2D eigenvalue weighted by Gasteiger charge is -2.29. The summed E-state index contributed by atoms with van der Waals surface area (Å²) in [6.45, 7) is 3.11. The Bertz CT molecular complexity index is 434. The number of methoxy groups -OCH3 is 1. The highest BCUT2D eigenvalue weighted by atomic mass is 32.2. The van der Waals surface area contributed by atoms with Crippen LogP contribution in [0.1, 0.15) is 32.6 Å². The van der Waals surface area contributed by atoms with Crippen molar-refractivity contribution in [1.29, 1.82) is 0 Å². The van der Waals surface area contributed by atoms with Gasteiger partial charge in [-0.1, -0.05) is 25.5 Å². The van der Waals surface area contributed by atoms with Gasteiger partial charge in [0.05, 0.1) is 22.8 Å². The summed E-state index contributed by atoms with van der Waals surface area (Å²) in [5.41, 5.74) is 0. The maximum absolute atomic E-state index is 12.7. The van der Waals surface area contributed by atoms with Gasteiger partial charge >= 0.3 is 0 Å². The van der Waals surface area contributed by atoms with Gasteiger partial charge in [0.25, 0.3) is 0 Å². The van der Waals surface area contributed by atoms with Gasteiger partial charge in [-0.3, -0.25) is 4.21 Å². The summed E-state index contributed by atoms with van der Waals surface area (Å²) in [4.78, 5) is 0.840. The van der Waals surface area contributed by atoms with Crippen LogP contribution in [-0.2, 0) is 10.8 Å². The van der Waals surface area contributed by atoms with E-state index in [2.05, 4.69) is 12.2 Å². The Morgan fingerprint density at radius 1 is 1.37 bits per heavy atom. The quantitative estimate of drug-likeness (QED) is 0.902. The molecule has 0 bridgehead atoms. The summed E-state index contributed by atoms with van der Waals surface area (Å²) in [6, 6.07) is 8.17. The monoisotopic (exact) mass is 281 g/mol. The molecule has 0 spiro atoms. The van der Waals surface area contributed by atoms with E-state index in [-0.39, 0.29) is 5.25 Å². The average Bonchev–Trinajstić information content (AvgIpc) is 2.47. The first kappa shape index (κ1) is 14.5. The summed E-state index contributed by atoms with van der Waals surface area (Å²) in [5, 5.41) is 3.73. The van der Waals surface area contributed by atoms with Gasteiger partial charge in [-0.2, -0.15) is 0 Å². The van der Waals surface area contributed by atoms with Crippen LogP contribution in [-0.4, -0.2) is 29.2 Å². The van der Waals surface area contributed by atoms with Gasteiger partial charge < -0.3 is 10.1 Å². The molecule has 1 aliphatic carbocycles. The highest BCUT2D eigenvalue weighted by molar-refractivity contribution is 7.85. The topological polar surface area (TPSA) is 38.3 Å². The van der Waals surface area contributed by atoms with Crippen molar-refractivity contribution in [3.05, 3.63) is 24.3 Å². The highest BCUT2D eigenvalue weighted by Crippen LogP contribution is 2.30. The third-order valence-corrected chi connectivity index (χ3v) is 5.51. The fourth-order valence-corrected chi connectivity index (χ4v) is 4.49. The molecule has 4 heteroatoms. The van der Waals surface area contributed by atoms with Crippen molar-refractivity contribution in [2.75, 3.05) is 13.7 Å². The van der Waals surface area contributed by atoms with Crippen LogP contribution in [0.25, 0.3) is 0 Å². The predicted octanol–water partition coefficient (Wildman–Crippen LogP) is 2.72. The second kappa shape index (κ2) is 7.06. The van der Waals surface area contributed by atoms with E-state index in [4.69, 9.17) is 4.74 Å². The molecule has 106 valence electrons. The standard InChI is InChI=1S/C15H23NO2S/c1-3-16-12-7-6-8-13(11-12)19(17)15-10-5-4-9-14(15)18-2/h4-5,9-10,12-13,16H,3,6-8,11H2,1-2H3. The van der Waals surface area contributed by atoms with Gasteiger partial charge in [0.15, 0.2) is 0 Å². The van der Waals surface area contributed by atoms with Gasteiger partial charge in [0.2, 0.25) is 0 Å². The minimum Gasteiger partial charge on any atom is -0.495 e. The Hall–Kier alpha value is -0.870. The first-order valence-corrected chi connectivity index (χ1v) is 8.24. The van der Waals surface area contributed by atoms with Gasteiger partial charge in [-0.05, 0) is 37.9 Å². The molecule has 3 nitrogen and oxygen atoms in total. The molecule has 0 saturated heterocycles. The fourth-order valence-electron chi connectivity index (χ4n) is 2.78. The number of hydrogen-bond acceptors (Lipinski definition) is 3. The van der Waals surface area contributed by atoms with Crippen LogP contribution in [0, 0.1) is 0 Å². The smallest absolute Gasteiger partial charge is 0.134 e. The lowest BCUT2D eigenvalue weighted by atomic mass is 9.95. The highest BCUT2D eigenvalue weighted by Gasteiger charge is 2.27. The zero-order chi connectivity index (χ0) is 13.7. The van der Waals surface area contributed by atoms with Crippen LogP contribution in [0.4, 0.5) is 0 Å². The zero-order valence-corrected chi connectivity index (χ0v) is 12.5. The predicted molar refractivity (Wildman–Crippen MR) is 79.1 cm³/mol. The lowest BCUT2D eigenvalue weighted by molar-refractivity contribution is 0.381. The van der Waals surface area contributed by atoms with E-state index >= 15 is 0 Å². The Labute approximate surface area is 118 Å². The molecular formula is C15H23NO2S. The molecule has 1 N–H and O–H groups in total. The number of para-hydroxylation sites is 1. The molecule has 1 fully saturated rings. The molecule has 3 atom stereocenters.